The zero-order valence-corrected chi connectivity index (χ0v) is 15.9. The first-order valence-electron chi connectivity index (χ1n) is 8.25. The van der Waals surface area contributed by atoms with Crippen LogP contribution in [0.5, 0.6) is 0 Å². The maximum Gasteiger partial charge on any atom is 0.322 e. The molecule has 0 aromatic heterocycles. The van der Waals surface area contributed by atoms with Crippen LogP contribution < -0.4 is 16.4 Å². The van der Waals surface area contributed by atoms with Crippen LogP contribution in [-0.2, 0) is 19.2 Å². The molecule has 2 atom stereocenters. The molecule has 0 saturated heterocycles. The molecule has 1 aromatic carbocycles. The molecule has 2 unspecified atom stereocenters. The van der Waals surface area contributed by atoms with Crippen LogP contribution in [-0.4, -0.2) is 63.3 Å². The van der Waals surface area contributed by atoms with Crippen molar-refractivity contribution in [1.82, 2.24) is 10.6 Å². The van der Waals surface area contributed by atoms with Gasteiger partial charge in [0.2, 0.25) is 11.8 Å². The molecule has 0 aliphatic heterocycles. The number of thioether (sulfide) groups is 1. The number of carbonyl (C=O) groups excluding carboxylic acids is 2. The van der Waals surface area contributed by atoms with Crippen LogP contribution >= 0.6 is 11.8 Å². The molecule has 1 aromatic rings. The fourth-order valence-electron chi connectivity index (χ4n) is 2.05. The van der Waals surface area contributed by atoms with Gasteiger partial charge in [-0.1, -0.05) is 12.1 Å². The monoisotopic (exact) mass is 428 g/mol. The van der Waals surface area contributed by atoms with E-state index in [-0.39, 0.29) is 29.2 Å². The van der Waals surface area contributed by atoms with Gasteiger partial charge in [-0.25, -0.2) is 0 Å². The Kier molecular flexibility index (Phi) is 9.55. The van der Waals surface area contributed by atoms with Crippen molar-refractivity contribution in [2.24, 2.45) is 5.73 Å². The Morgan fingerprint density at radius 3 is 2.45 bits per heavy atom. The standard InChI is InChI=1S/C16H20N4O8S/c17-9(16(25)26)5-6-13(21)19-10(15(24)18-7-14(22)23)8-29-12-4-2-1-3-11(12)20(27)28/h1-4,9-10H,5-8,17H2,(H,18,24)(H,19,21)(H,22,23)(H,25,26). The van der Waals surface area contributed by atoms with Gasteiger partial charge in [-0.15, -0.1) is 11.8 Å². The summed E-state index contributed by atoms with van der Waals surface area (Å²) >= 11 is 0.934. The highest BCUT2D eigenvalue weighted by Gasteiger charge is 2.24. The van der Waals surface area contributed by atoms with Gasteiger partial charge in [0.15, 0.2) is 0 Å². The molecule has 0 spiro atoms. The summed E-state index contributed by atoms with van der Waals surface area (Å²) < 4.78 is 0. The van der Waals surface area contributed by atoms with Crippen molar-refractivity contribution in [2.45, 2.75) is 29.8 Å². The number of carbonyl (C=O) groups is 4. The molecule has 2 amide bonds. The van der Waals surface area contributed by atoms with Crippen LogP contribution in [0, 0.1) is 10.1 Å². The van der Waals surface area contributed by atoms with E-state index < -0.39 is 47.3 Å². The number of carboxylic acid groups (broad SMARTS) is 2. The van der Waals surface area contributed by atoms with Gasteiger partial charge < -0.3 is 26.6 Å². The number of hydrogen-bond acceptors (Lipinski definition) is 8. The third-order valence-electron chi connectivity index (χ3n) is 3.53. The molecule has 6 N–H and O–H groups in total. The number of aliphatic carboxylic acids is 2. The minimum atomic E-state index is -1.29. The van der Waals surface area contributed by atoms with Crippen LogP contribution in [0.3, 0.4) is 0 Å². The first-order chi connectivity index (χ1) is 13.6. The average Bonchev–Trinajstić information content (AvgIpc) is 2.67. The summed E-state index contributed by atoms with van der Waals surface area (Å²) in [6, 6.07) is 3.36. The van der Waals surface area contributed by atoms with E-state index in [2.05, 4.69) is 10.6 Å². The molecular weight excluding hydrogens is 408 g/mol. The van der Waals surface area contributed by atoms with Crippen LogP contribution in [0.25, 0.3) is 0 Å². The molecular formula is C16H20N4O8S. The summed E-state index contributed by atoms with van der Waals surface area (Å²) in [5.41, 5.74) is 5.14. The molecule has 29 heavy (non-hydrogen) atoms. The number of nitro groups is 1. The minimum Gasteiger partial charge on any atom is -0.480 e. The maximum absolute atomic E-state index is 12.2. The van der Waals surface area contributed by atoms with E-state index in [0.29, 0.717) is 0 Å². The Morgan fingerprint density at radius 1 is 1.21 bits per heavy atom. The Hall–Kier alpha value is -3.19. The van der Waals surface area contributed by atoms with Crippen molar-refractivity contribution >= 4 is 41.2 Å². The van der Waals surface area contributed by atoms with Crippen molar-refractivity contribution in [3.8, 4) is 0 Å². The number of carboxylic acids is 2. The molecule has 0 saturated carbocycles. The Morgan fingerprint density at radius 2 is 1.86 bits per heavy atom. The topological polar surface area (TPSA) is 202 Å². The lowest BCUT2D eigenvalue weighted by Gasteiger charge is -2.18. The van der Waals surface area contributed by atoms with Gasteiger partial charge in [-0.05, 0) is 12.5 Å². The molecule has 0 heterocycles. The van der Waals surface area contributed by atoms with Gasteiger partial charge in [0.05, 0.1) is 9.82 Å². The first kappa shape index (κ1) is 23.8. The Bertz CT molecular complexity index is 788. The lowest BCUT2D eigenvalue weighted by Crippen LogP contribution is -2.49. The highest BCUT2D eigenvalue weighted by atomic mass is 32.2. The summed E-state index contributed by atoms with van der Waals surface area (Å²) in [6.07, 6.45) is -0.436. The molecule has 0 radical (unpaired) electrons. The second-order valence-electron chi connectivity index (χ2n) is 5.75. The number of benzene rings is 1. The van der Waals surface area contributed by atoms with Gasteiger partial charge >= 0.3 is 11.9 Å². The predicted molar refractivity (Wildman–Crippen MR) is 101 cm³/mol. The van der Waals surface area contributed by atoms with Crippen LogP contribution in [0.15, 0.2) is 29.2 Å². The number of para-hydroxylation sites is 1. The van der Waals surface area contributed by atoms with Crippen LogP contribution in [0.1, 0.15) is 12.8 Å². The van der Waals surface area contributed by atoms with Gasteiger partial charge in [0.25, 0.3) is 5.69 Å². The molecule has 158 valence electrons. The van der Waals surface area contributed by atoms with E-state index in [1.807, 2.05) is 0 Å². The van der Waals surface area contributed by atoms with Crippen LogP contribution in [0.4, 0.5) is 5.69 Å². The van der Waals surface area contributed by atoms with Crippen molar-refractivity contribution < 1.29 is 34.3 Å². The fraction of sp³-hybridized carbons (Fsp3) is 0.375. The molecule has 0 bridgehead atoms. The third-order valence-corrected chi connectivity index (χ3v) is 4.69. The molecule has 0 fully saturated rings. The largest absolute Gasteiger partial charge is 0.480 e. The molecule has 0 aliphatic rings. The van der Waals surface area contributed by atoms with Crippen molar-refractivity contribution in [3.05, 3.63) is 34.4 Å². The smallest absolute Gasteiger partial charge is 0.322 e. The number of nitro benzene ring substituents is 1. The molecule has 1 rings (SSSR count). The SMILES string of the molecule is NC(CCC(=O)NC(CSc1ccccc1[N+](=O)[O-])C(=O)NCC(=O)O)C(=O)O. The van der Waals surface area contributed by atoms with Crippen molar-refractivity contribution in [1.29, 1.82) is 0 Å². The fourth-order valence-corrected chi connectivity index (χ4v) is 3.09. The summed E-state index contributed by atoms with van der Waals surface area (Å²) in [5, 5.41) is 33.0. The predicted octanol–water partition coefficient (Wildman–Crippen LogP) is -0.435. The van der Waals surface area contributed by atoms with Crippen molar-refractivity contribution in [3.63, 3.8) is 0 Å². The number of amides is 2. The lowest BCUT2D eigenvalue weighted by molar-refractivity contribution is -0.387. The second-order valence-corrected chi connectivity index (χ2v) is 6.81. The van der Waals surface area contributed by atoms with E-state index in [9.17, 15) is 29.3 Å². The number of nitrogens with zero attached hydrogens (tertiary/aromatic N) is 1. The Balaban J connectivity index is 2.81. The number of hydrogen-bond donors (Lipinski definition) is 5. The van der Waals surface area contributed by atoms with Gasteiger partial charge in [0, 0.05) is 18.2 Å². The highest BCUT2D eigenvalue weighted by molar-refractivity contribution is 7.99. The van der Waals surface area contributed by atoms with Gasteiger partial charge in [-0.2, -0.15) is 0 Å². The lowest BCUT2D eigenvalue weighted by atomic mass is 10.1. The first-order valence-corrected chi connectivity index (χ1v) is 9.23. The van der Waals surface area contributed by atoms with E-state index in [1.54, 1.807) is 6.07 Å². The normalized spacial score (nSPS) is 12.4. The summed E-state index contributed by atoms with van der Waals surface area (Å²) in [6.45, 7) is -0.675. The van der Waals surface area contributed by atoms with Gasteiger partial charge in [-0.3, -0.25) is 29.3 Å². The summed E-state index contributed by atoms with van der Waals surface area (Å²) in [4.78, 5) is 56.3. The number of rotatable bonds is 12. The van der Waals surface area contributed by atoms with Crippen molar-refractivity contribution in [2.75, 3.05) is 12.3 Å². The minimum absolute atomic E-state index is 0.118. The van der Waals surface area contributed by atoms with E-state index >= 15 is 0 Å². The quantitative estimate of drug-likeness (QED) is 0.165. The Labute approximate surface area is 169 Å². The highest BCUT2D eigenvalue weighted by Crippen LogP contribution is 2.29. The van der Waals surface area contributed by atoms with Gasteiger partial charge in [0.1, 0.15) is 18.6 Å². The summed E-state index contributed by atoms with van der Waals surface area (Å²) in [5.74, 6) is -4.15. The molecule has 12 nitrogen and oxygen atoms in total. The molecule has 0 aliphatic carbocycles. The van der Waals surface area contributed by atoms with E-state index in [4.69, 9.17) is 15.9 Å². The molecule has 13 heteroatoms. The number of nitrogens with one attached hydrogen (secondary N) is 2. The van der Waals surface area contributed by atoms with E-state index in [0.717, 1.165) is 11.8 Å². The zero-order valence-electron chi connectivity index (χ0n) is 15.1. The third kappa shape index (κ3) is 8.57. The summed E-state index contributed by atoms with van der Waals surface area (Å²) in [7, 11) is 0. The maximum atomic E-state index is 12.2. The van der Waals surface area contributed by atoms with E-state index in [1.165, 1.54) is 18.2 Å². The zero-order chi connectivity index (χ0) is 22.0. The van der Waals surface area contributed by atoms with Crippen LogP contribution in [0.2, 0.25) is 0 Å². The average molecular weight is 428 g/mol. The second kappa shape index (κ2) is 11.6. The number of nitrogens with two attached hydrogens (primary N) is 1.